The van der Waals surface area contributed by atoms with Crippen LogP contribution in [0, 0.1) is 0 Å². The Kier molecular flexibility index (Phi) is 11.2. The number of rotatable bonds is 13. The number of ether oxygens (including phenoxy) is 2. The van der Waals surface area contributed by atoms with Crippen molar-refractivity contribution in [2.45, 2.75) is 65.0 Å². The Balaban J connectivity index is 2.18. The van der Waals surface area contributed by atoms with Gasteiger partial charge in [0, 0.05) is 12.6 Å². The van der Waals surface area contributed by atoms with Crippen molar-refractivity contribution < 1.29 is 19.4 Å². The van der Waals surface area contributed by atoms with Gasteiger partial charge in [0.1, 0.15) is 17.7 Å². The first kappa shape index (κ1) is 21.7. The van der Waals surface area contributed by atoms with Crippen LogP contribution >= 0.6 is 11.3 Å². The molecule has 8 heteroatoms. The third kappa shape index (κ3) is 11.0. The quantitative estimate of drug-likeness (QED) is 0.459. The van der Waals surface area contributed by atoms with E-state index in [9.17, 15) is 9.90 Å². The highest BCUT2D eigenvalue weighted by atomic mass is 32.1. The number of nitrogens with zero attached hydrogens (tertiary/aromatic N) is 1. The molecule has 25 heavy (non-hydrogen) atoms. The largest absolute Gasteiger partial charge is 0.467 e. The first-order valence-corrected chi connectivity index (χ1v) is 9.76. The Morgan fingerprint density at radius 1 is 1.32 bits per heavy atom. The Labute approximate surface area is 154 Å². The highest BCUT2D eigenvalue weighted by Crippen LogP contribution is 2.25. The normalized spacial score (nSPS) is 12.2. The highest BCUT2D eigenvalue weighted by Gasteiger charge is 2.10. The van der Waals surface area contributed by atoms with Crippen LogP contribution in [-0.2, 0) is 4.74 Å². The SMILES string of the molecule is CCCCCCCOC(=O)Nc1cnc(OCC(O)CNC(C)C)s1. The molecule has 0 bridgehead atoms. The zero-order valence-electron chi connectivity index (χ0n) is 15.4. The van der Waals surface area contributed by atoms with E-state index in [1.54, 1.807) is 0 Å². The highest BCUT2D eigenvalue weighted by molar-refractivity contribution is 7.17. The van der Waals surface area contributed by atoms with Crippen molar-refractivity contribution in [2.75, 3.05) is 25.1 Å². The summed E-state index contributed by atoms with van der Waals surface area (Å²) in [6, 6.07) is 0.308. The molecule has 1 atom stereocenters. The third-order valence-electron chi connectivity index (χ3n) is 3.35. The molecule has 1 aromatic heterocycles. The monoisotopic (exact) mass is 373 g/mol. The van der Waals surface area contributed by atoms with Crippen molar-refractivity contribution in [2.24, 2.45) is 0 Å². The second-order valence-electron chi connectivity index (χ2n) is 6.19. The van der Waals surface area contributed by atoms with Crippen LogP contribution in [0.5, 0.6) is 5.19 Å². The van der Waals surface area contributed by atoms with Gasteiger partial charge in [-0.3, -0.25) is 5.32 Å². The molecule has 0 radical (unpaired) electrons. The van der Waals surface area contributed by atoms with Crippen LogP contribution in [0.25, 0.3) is 0 Å². The van der Waals surface area contributed by atoms with Crippen molar-refractivity contribution in [3.05, 3.63) is 6.20 Å². The van der Waals surface area contributed by atoms with Gasteiger partial charge < -0.3 is 19.9 Å². The molecule has 1 amide bonds. The van der Waals surface area contributed by atoms with Gasteiger partial charge in [-0.15, -0.1) is 0 Å². The van der Waals surface area contributed by atoms with E-state index in [0.29, 0.717) is 29.4 Å². The van der Waals surface area contributed by atoms with E-state index in [4.69, 9.17) is 9.47 Å². The van der Waals surface area contributed by atoms with Gasteiger partial charge in [-0.1, -0.05) is 57.8 Å². The maximum absolute atomic E-state index is 11.7. The predicted octanol–water partition coefficient (Wildman–Crippen LogP) is 3.40. The van der Waals surface area contributed by atoms with Gasteiger partial charge in [-0.25, -0.2) is 9.78 Å². The first-order chi connectivity index (χ1) is 12.0. The topological polar surface area (TPSA) is 92.7 Å². The van der Waals surface area contributed by atoms with E-state index in [2.05, 4.69) is 22.5 Å². The summed E-state index contributed by atoms with van der Waals surface area (Å²) in [7, 11) is 0. The number of anilines is 1. The second-order valence-corrected chi connectivity index (χ2v) is 7.19. The van der Waals surface area contributed by atoms with Crippen LogP contribution in [0.3, 0.4) is 0 Å². The smallest absolute Gasteiger partial charge is 0.412 e. The van der Waals surface area contributed by atoms with Crippen LogP contribution in [0.4, 0.5) is 9.80 Å². The fourth-order valence-corrected chi connectivity index (χ4v) is 2.65. The minimum Gasteiger partial charge on any atom is -0.467 e. The fraction of sp³-hybridized carbons (Fsp3) is 0.765. The molecule has 0 aliphatic rings. The minimum atomic E-state index is -0.611. The number of hydrogen-bond donors (Lipinski definition) is 3. The van der Waals surface area contributed by atoms with Crippen molar-refractivity contribution >= 4 is 22.4 Å². The molecule has 0 aliphatic heterocycles. The molecule has 0 fully saturated rings. The van der Waals surface area contributed by atoms with Crippen LogP contribution in [0.1, 0.15) is 52.9 Å². The molecular formula is C17H31N3O4S. The summed E-state index contributed by atoms with van der Waals surface area (Å²) in [4.78, 5) is 15.7. The molecule has 0 saturated heterocycles. The Hall–Kier alpha value is -1.38. The fourth-order valence-electron chi connectivity index (χ4n) is 1.99. The molecule has 0 aromatic carbocycles. The van der Waals surface area contributed by atoms with Crippen molar-refractivity contribution in [3.8, 4) is 5.19 Å². The Morgan fingerprint density at radius 2 is 2.08 bits per heavy atom. The van der Waals surface area contributed by atoms with E-state index in [0.717, 1.165) is 12.8 Å². The zero-order valence-corrected chi connectivity index (χ0v) is 16.2. The average molecular weight is 374 g/mol. The summed E-state index contributed by atoms with van der Waals surface area (Å²) >= 11 is 1.20. The maximum atomic E-state index is 11.7. The maximum Gasteiger partial charge on any atom is 0.412 e. The summed E-state index contributed by atoms with van der Waals surface area (Å²) in [6.07, 6.45) is 5.98. The van der Waals surface area contributed by atoms with Gasteiger partial charge in [0.25, 0.3) is 5.19 Å². The van der Waals surface area contributed by atoms with E-state index in [1.807, 2.05) is 13.8 Å². The van der Waals surface area contributed by atoms with Gasteiger partial charge in [-0.2, -0.15) is 0 Å². The average Bonchev–Trinajstić information content (AvgIpc) is 3.01. The van der Waals surface area contributed by atoms with Crippen LogP contribution in [-0.4, -0.2) is 48.1 Å². The molecule has 0 aliphatic carbocycles. The lowest BCUT2D eigenvalue weighted by atomic mass is 10.2. The van der Waals surface area contributed by atoms with Crippen molar-refractivity contribution in [3.63, 3.8) is 0 Å². The van der Waals surface area contributed by atoms with E-state index in [-0.39, 0.29) is 6.61 Å². The molecule has 1 aromatic rings. The first-order valence-electron chi connectivity index (χ1n) is 8.95. The Bertz CT molecular complexity index is 482. The molecule has 1 heterocycles. The Morgan fingerprint density at radius 3 is 2.80 bits per heavy atom. The zero-order chi connectivity index (χ0) is 18.5. The van der Waals surface area contributed by atoms with E-state index in [1.165, 1.54) is 36.8 Å². The molecule has 144 valence electrons. The number of carbonyl (C=O) groups is 1. The summed E-state index contributed by atoms with van der Waals surface area (Å²) in [5.41, 5.74) is 0. The van der Waals surface area contributed by atoms with Crippen LogP contribution in [0.2, 0.25) is 0 Å². The van der Waals surface area contributed by atoms with E-state index >= 15 is 0 Å². The number of amides is 1. The van der Waals surface area contributed by atoms with Gasteiger partial charge in [0.15, 0.2) is 0 Å². The summed E-state index contributed by atoms with van der Waals surface area (Å²) < 4.78 is 10.6. The molecule has 7 nitrogen and oxygen atoms in total. The summed E-state index contributed by atoms with van der Waals surface area (Å²) in [5, 5.41) is 16.5. The number of aliphatic hydroxyl groups excluding tert-OH is 1. The number of hydrogen-bond acceptors (Lipinski definition) is 7. The number of unbranched alkanes of at least 4 members (excludes halogenated alkanes) is 4. The lowest BCUT2D eigenvalue weighted by Crippen LogP contribution is -2.35. The lowest BCUT2D eigenvalue weighted by Gasteiger charge is -2.13. The molecule has 0 saturated carbocycles. The number of aliphatic hydroxyl groups is 1. The molecule has 0 spiro atoms. The second kappa shape index (κ2) is 12.9. The standard InChI is InChI=1S/C17H31N3O4S/c1-4-5-6-7-8-9-23-16(22)20-15-11-19-17(25-15)24-12-14(21)10-18-13(2)3/h11,13-14,18,21H,4-10,12H2,1-3H3,(H,20,22). The number of thiazole rings is 1. The third-order valence-corrected chi connectivity index (χ3v) is 4.18. The van der Waals surface area contributed by atoms with E-state index < -0.39 is 12.2 Å². The lowest BCUT2D eigenvalue weighted by molar-refractivity contribution is 0.104. The van der Waals surface area contributed by atoms with Gasteiger partial charge in [0.05, 0.1) is 12.8 Å². The molecule has 1 rings (SSSR count). The molecule has 1 unspecified atom stereocenters. The van der Waals surface area contributed by atoms with Crippen molar-refractivity contribution in [1.82, 2.24) is 10.3 Å². The summed E-state index contributed by atoms with van der Waals surface area (Å²) in [5.74, 6) is 0. The van der Waals surface area contributed by atoms with Crippen LogP contribution < -0.4 is 15.4 Å². The van der Waals surface area contributed by atoms with Gasteiger partial charge in [0.2, 0.25) is 0 Å². The van der Waals surface area contributed by atoms with Crippen LogP contribution in [0.15, 0.2) is 6.20 Å². The predicted molar refractivity (Wildman–Crippen MR) is 100 cm³/mol. The van der Waals surface area contributed by atoms with Crippen molar-refractivity contribution in [1.29, 1.82) is 0 Å². The number of aromatic nitrogens is 1. The summed E-state index contributed by atoms with van der Waals surface area (Å²) in [6.45, 7) is 7.22. The number of carbonyl (C=O) groups excluding carboxylic acids is 1. The minimum absolute atomic E-state index is 0.148. The van der Waals surface area contributed by atoms with Gasteiger partial charge in [-0.05, 0) is 6.42 Å². The van der Waals surface area contributed by atoms with Gasteiger partial charge >= 0.3 is 6.09 Å². The molecular weight excluding hydrogens is 342 g/mol. The number of nitrogens with one attached hydrogen (secondary N) is 2. The molecule has 3 N–H and O–H groups in total.